The Kier molecular flexibility index (Phi) is 2.89. The number of piperazine rings is 1. The highest BCUT2D eigenvalue weighted by Crippen LogP contribution is 2.21. The van der Waals surface area contributed by atoms with Gasteiger partial charge >= 0.3 is 0 Å². The molecule has 2 aliphatic heterocycles. The molecule has 2 rings (SSSR count). The topological polar surface area (TPSA) is 15.3 Å². The summed E-state index contributed by atoms with van der Waals surface area (Å²) in [5, 5.41) is 3.68. The summed E-state index contributed by atoms with van der Waals surface area (Å²) in [6, 6.07) is 1.62. The average molecular weight is 182 g/mol. The number of hydrogen-bond acceptors (Lipinski definition) is 2. The molecule has 0 bridgehead atoms. The van der Waals surface area contributed by atoms with E-state index in [-0.39, 0.29) is 0 Å². The summed E-state index contributed by atoms with van der Waals surface area (Å²) in [5.41, 5.74) is 0. The van der Waals surface area contributed by atoms with Gasteiger partial charge in [-0.25, -0.2) is 0 Å². The molecule has 2 heteroatoms. The Balaban J connectivity index is 1.83. The summed E-state index contributed by atoms with van der Waals surface area (Å²) in [6.07, 6.45) is 4.17. The van der Waals surface area contributed by atoms with Crippen LogP contribution in [0.25, 0.3) is 0 Å². The van der Waals surface area contributed by atoms with Crippen LogP contribution in [0, 0.1) is 5.92 Å². The van der Waals surface area contributed by atoms with E-state index in [0.29, 0.717) is 0 Å². The van der Waals surface area contributed by atoms with E-state index in [4.69, 9.17) is 0 Å². The van der Waals surface area contributed by atoms with E-state index in [2.05, 4.69) is 24.1 Å². The van der Waals surface area contributed by atoms with Gasteiger partial charge in [0.25, 0.3) is 0 Å². The Morgan fingerprint density at radius 2 is 2.31 bits per heavy atom. The van der Waals surface area contributed by atoms with Gasteiger partial charge in [-0.05, 0) is 31.7 Å². The summed E-state index contributed by atoms with van der Waals surface area (Å²) in [4.78, 5) is 2.68. The van der Waals surface area contributed by atoms with Crippen LogP contribution in [0.1, 0.15) is 33.1 Å². The third-order valence-corrected chi connectivity index (χ3v) is 3.35. The molecule has 13 heavy (non-hydrogen) atoms. The third kappa shape index (κ3) is 2.23. The standard InChI is InChI=1S/C11H22N2/c1-9(2)6-10-8-13-5-3-4-11(13)7-12-10/h9-12H,3-8H2,1-2H3/t10-,11+/m1/s1. The van der Waals surface area contributed by atoms with Crippen LogP contribution in [-0.4, -0.2) is 36.6 Å². The molecular formula is C11H22N2. The first-order valence-electron chi connectivity index (χ1n) is 5.73. The minimum absolute atomic E-state index is 0.759. The fraction of sp³-hybridized carbons (Fsp3) is 1.00. The van der Waals surface area contributed by atoms with E-state index < -0.39 is 0 Å². The molecule has 0 aliphatic carbocycles. The van der Waals surface area contributed by atoms with Crippen LogP contribution in [0.2, 0.25) is 0 Å². The molecule has 0 aromatic carbocycles. The van der Waals surface area contributed by atoms with Gasteiger partial charge in [0.1, 0.15) is 0 Å². The van der Waals surface area contributed by atoms with Crippen LogP contribution in [0.4, 0.5) is 0 Å². The second-order valence-corrected chi connectivity index (χ2v) is 5.03. The average Bonchev–Trinajstić information content (AvgIpc) is 2.49. The highest BCUT2D eigenvalue weighted by atomic mass is 15.2. The van der Waals surface area contributed by atoms with Gasteiger partial charge in [-0.2, -0.15) is 0 Å². The zero-order valence-corrected chi connectivity index (χ0v) is 8.92. The molecular weight excluding hydrogens is 160 g/mol. The Labute approximate surface area is 81.7 Å². The van der Waals surface area contributed by atoms with Gasteiger partial charge in [0.15, 0.2) is 0 Å². The van der Waals surface area contributed by atoms with E-state index in [9.17, 15) is 0 Å². The monoisotopic (exact) mass is 182 g/mol. The quantitative estimate of drug-likeness (QED) is 0.695. The first-order chi connectivity index (χ1) is 6.25. The molecule has 0 unspecified atom stereocenters. The molecule has 2 saturated heterocycles. The fourth-order valence-corrected chi connectivity index (χ4v) is 2.74. The molecule has 0 amide bonds. The second-order valence-electron chi connectivity index (χ2n) is 5.03. The SMILES string of the molecule is CC(C)C[C@@H]1CN2CCC[C@H]2CN1. The van der Waals surface area contributed by atoms with Gasteiger partial charge in [-0.15, -0.1) is 0 Å². The molecule has 0 spiro atoms. The molecule has 76 valence electrons. The molecule has 0 saturated carbocycles. The van der Waals surface area contributed by atoms with E-state index in [1.54, 1.807) is 0 Å². The predicted octanol–water partition coefficient (Wildman–Crippen LogP) is 1.47. The van der Waals surface area contributed by atoms with Crippen molar-refractivity contribution in [1.82, 2.24) is 10.2 Å². The van der Waals surface area contributed by atoms with Crippen LogP contribution in [0.5, 0.6) is 0 Å². The zero-order valence-electron chi connectivity index (χ0n) is 8.92. The number of nitrogens with one attached hydrogen (secondary N) is 1. The van der Waals surface area contributed by atoms with Crippen LogP contribution in [0.15, 0.2) is 0 Å². The van der Waals surface area contributed by atoms with Gasteiger partial charge in [0, 0.05) is 25.2 Å². The van der Waals surface area contributed by atoms with Crippen molar-refractivity contribution in [3.05, 3.63) is 0 Å². The van der Waals surface area contributed by atoms with E-state index in [0.717, 1.165) is 18.0 Å². The lowest BCUT2D eigenvalue weighted by Gasteiger charge is -2.36. The minimum Gasteiger partial charge on any atom is -0.311 e. The number of rotatable bonds is 2. The van der Waals surface area contributed by atoms with E-state index in [1.807, 2.05) is 0 Å². The lowest BCUT2D eigenvalue weighted by Crippen LogP contribution is -2.54. The molecule has 0 radical (unpaired) electrons. The predicted molar refractivity (Wildman–Crippen MR) is 55.8 cm³/mol. The van der Waals surface area contributed by atoms with Crippen LogP contribution in [0.3, 0.4) is 0 Å². The third-order valence-electron chi connectivity index (χ3n) is 3.35. The van der Waals surface area contributed by atoms with Gasteiger partial charge in [-0.3, -0.25) is 4.90 Å². The van der Waals surface area contributed by atoms with Gasteiger partial charge < -0.3 is 5.32 Å². The summed E-state index contributed by atoms with van der Waals surface area (Å²) in [5.74, 6) is 0.830. The van der Waals surface area contributed by atoms with Gasteiger partial charge in [0.05, 0.1) is 0 Å². The molecule has 2 fully saturated rings. The lowest BCUT2D eigenvalue weighted by molar-refractivity contribution is 0.162. The van der Waals surface area contributed by atoms with Crippen molar-refractivity contribution < 1.29 is 0 Å². The number of fused-ring (bicyclic) bond motifs is 1. The van der Waals surface area contributed by atoms with Crippen molar-refractivity contribution in [3.63, 3.8) is 0 Å². The molecule has 0 aromatic heterocycles. The minimum atomic E-state index is 0.759. The maximum atomic E-state index is 3.68. The summed E-state index contributed by atoms with van der Waals surface area (Å²) >= 11 is 0. The molecule has 0 aromatic rings. The van der Waals surface area contributed by atoms with Gasteiger partial charge in [-0.1, -0.05) is 13.8 Å². The maximum absolute atomic E-state index is 3.68. The Morgan fingerprint density at radius 3 is 3.08 bits per heavy atom. The Hall–Kier alpha value is -0.0800. The lowest BCUT2D eigenvalue weighted by atomic mass is 10.0. The van der Waals surface area contributed by atoms with Crippen molar-refractivity contribution in [1.29, 1.82) is 0 Å². The Bertz CT molecular complexity index is 167. The summed E-state index contributed by atoms with van der Waals surface area (Å²) in [7, 11) is 0. The number of hydrogen-bond donors (Lipinski definition) is 1. The fourth-order valence-electron chi connectivity index (χ4n) is 2.74. The van der Waals surface area contributed by atoms with Crippen molar-refractivity contribution in [2.24, 2.45) is 5.92 Å². The molecule has 1 N–H and O–H groups in total. The van der Waals surface area contributed by atoms with Crippen LogP contribution >= 0.6 is 0 Å². The smallest absolute Gasteiger partial charge is 0.0221 e. The van der Waals surface area contributed by atoms with Crippen molar-refractivity contribution >= 4 is 0 Å². The summed E-state index contributed by atoms with van der Waals surface area (Å²) in [6.45, 7) is 8.51. The molecule has 2 atom stereocenters. The highest BCUT2D eigenvalue weighted by Gasteiger charge is 2.30. The van der Waals surface area contributed by atoms with Crippen LogP contribution < -0.4 is 5.32 Å². The Morgan fingerprint density at radius 1 is 1.46 bits per heavy atom. The number of nitrogens with zero attached hydrogens (tertiary/aromatic N) is 1. The normalized spacial score (nSPS) is 35.3. The molecule has 2 aliphatic rings. The first-order valence-corrected chi connectivity index (χ1v) is 5.73. The first kappa shape index (κ1) is 9.47. The van der Waals surface area contributed by atoms with Crippen molar-refractivity contribution in [3.8, 4) is 0 Å². The second kappa shape index (κ2) is 3.97. The van der Waals surface area contributed by atoms with E-state index in [1.165, 1.54) is 38.9 Å². The van der Waals surface area contributed by atoms with Crippen LogP contribution in [-0.2, 0) is 0 Å². The van der Waals surface area contributed by atoms with E-state index >= 15 is 0 Å². The van der Waals surface area contributed by atoms with Gasteiger partial charge in [0.2, 0.25) is 0 Å². The zero-order chi connectivity index (χ0) is 9.26. The molecule has 2 nitrogen and oxygen atoms in total. The maximum Gasteiger partial charge on any atom is 0.0221 e. The molecule has 2 heterocycles. The largest absolute Gasteiger partial charge is 0.311 e. The van der Waals surface area contributed by atoms with Crippen molar-refractivity contribution in [2.75, 3.05) is 19.6 Å². The summed E-state index contributed by atoms with van der Waals surface area (Å²) < 4.78 is 0. The van der Waals surface area contributed by atoms with Crippen molar-refractivity contribution in [2.45, 2.75) is 45.2 Å². The highest BCUT2D eigenvalue weighted by molar-refractivity contribution is 4.90.